The van der Waals surface area contributed by atoms with Crippen molar-refractivity contribution in [2.24, 2.45) is 0 Å². The topological polar surface area (TPSA) is 111 Å². The molecule has 1 amide bonds. The summed E-state index contributed by atoms with van der Waals surface area (Å²) >= 11 is 6.30. The van der Waals surface area contributed by atoms with Crippen molar-refractivity contribution in [1.82, 2.24) is 14.8 Å². The van der Waals surface area contributed by atoms with Crippen molar-refractivity contribution in [1.29, 1.82) is 0 Å². The van der Waals surface area contributed by atoms with Gasteiger partial charge in [-0.1, -0.05) is 49.7 Å². The highest BCUT2D eigenvalue weighted by Gasteiger charge is 2.18. The lowest BCUT2D eigenvalue weighted by atomic mass is 10.1. The van der Waals surface area contributed by atoms with Gasteiger partial charge in [0.25, 0.3) is 5.91 Å². The molecule has 3 rings (SSSR count). The molecule has 190 valence electrons. The van der Waals surface area contributed by atoms with Crippen LogP contribution in [0.3, 0.4) is 0 Å². The molecule has 1 heterocycles. The second-order valence-corrected chi connectivity index (χ2v) is 7.48. The first kappa shape index (κ1) is 34.0. The first-order valence-electron chi connectivity index (χ1n) is 10.5. The molecular formula is C24H35Cl3N4O3. The maximum Gasteiger partial charge on any atom is 0.255 e. The van der Waals surface area contributed by atoms with E-state index in [1.54, 1.807) is 6.20 Å². The molecule has 0 aliphatic heterocycles. The van der Waals surface area contributed by atoms with Gasteiger partial charge in [-0.05, 0) is 44.3 Å². The zero-order valence-corrected chi connectivity index (χ0v) is 22.1. The summed E-state index contributed by atoms with van der Waals surface area (Å²) in [7, 11) is 0. The Morgan fingerprint density at radius 1 is 0.882 bits per heavy atom. The van der Waals surface area contributed by atoms with Crippen LogP contribution in [0.5, 0.6) is 0 Å². The van der Waals surface area contributed by atoms with Gasteiger partial charge in [0, 0.05) is 36.9 Å². The van der Waals surface area contributed by atoms with Crippen molar-refractivity contribution in [2.45, 2.75) is 20.8 Å². The first-order valence-corrected chi connectivity index (χ1v) is 10.9. The molecule has 2 aromatic carbocycles. The summed E-state index contributed by atoms with van der Waals surface area (Å²) in [6.07, 6.45) is 1.73. The van der Waals surface area contributed by atoms with Crippen molar-refractivity contribution in [2.75, 3.05) is 38.0 Å². The number of pyridine rings is 1. The van der Waals surface area contributed by atoms with Gasteiger partial charge in [-0.3, -0.25) is 9.78 Å². The van der Waals surface area contributed by atoms with Crippen LogP contribution in [0.15, 0.2) is 54.7 Å². The molecule has 0 saturated carbocycles. The van der Waals surface area contributed by atoms with Crippen LogP contribution in [-0.2, 0) is 0 Å². The van der Waals surface area contributed by atoms with Crippen molar-refractivity contribution in [3.05, 3.63) is 65.3 Å². The molecule has 5 N–H and O–H groups in total. The summed E-state index contributed by atoms with van der Waals surface area (Å²) < 4.78 is 0. The number of nitrogens with one attached hydrogen (secondary N) is 1. The molecule has 0 aliphatic rings. The van der Waals surface area contributed by atoms with Crippen LogP contribution in [0.2, 0.25) is 5.02 Å². The lowest BCUT2D eigenvalue weighted by Crippen LogP contribution is -2.38. The minimum absolute atomic E-state index is 0. The molecule has 0 saturated heterocycles. The highest BCUT2D eigenvalue weighted by molar-refractivity contribution is 6.35. The quantitative estimate of drug-likeness (QED) is 0.432. The summed E-state index contributed by atoms with van der Waals surface area (Å²) in [6.45, 7) is 10.5. The normalized spacial score (nSPS) is 9.79. The van der Waals surface area contributed by atoms with Gasteiger partial charge in [-0.25, -0.2) is 0 Å². The number of para-hydroxylation sites is 2. The van der Waals surface area contributed by atoms with Crippen molar-refractivity contribution in [3.8, 4) is 0 Å². The number of carbonyl (C=O) groups excluding carboxylic acids is 1. The second kappa shape index (κ2) is 16.5. The average Bonchev–Trinajstić information content (AvgIpc) is 2.78. The largest absolute Gasteiger partial charge is 0.412 e. The number of fused-ring (bicyclic) bond motifs is 1. The fraction of sp³-hybridized carbons (Fsp3) is 0.333. The zero-order valence-electron chi connectivity index (χ0n) is 19.7. The Hall–Kier alpha value is -2.13. The molecule has 34 heavy (non-hydrogen) atoms. The fourth-order valence-electron chi connectivity index (χ4n) is 3.55. The summed E-state index contributed by atoms with van der Waals surface area (Å²) in [6, 6.07) is 15.2. The Kier molecular flexibility index (Phi) is 16.5. The van der Waals surface area contributed by atoms with Crippen molar-refractivity contribution < 1.29 is 15.7 Å². The Morgan fingerprint density at radius 3 is 2.21 bits per heavy atom. The SMILES string of the molecule is CCN(CC)CCN(CC)C(=O)c1ccccc1Nc1ccnc2c(Cl)cccc12.Cl.Cl.O.O. The monoisotopic (exact) mass is 532 g/mol. The minimum Gasteiger partial charge on any atom is -0.412 e. The number of hydrogen-bond donors (Lipinski definition) is 1. The van der Waals surface area contributed by atoms with Gasteiger partial charge in [-0.2, -0.15) is 0 Å². The molecule has 0 aliphatic carbocycles. The van der Waals surface area contributed by atoms with Crippen LogP contribution in [-0.4, -0.2) is 64.4 Å². The predicted molar refractivity (Wildman–Crippen MR) is 148 cm³/mol. The number of halogens is 3. The fourth-order valence-corrected chi connectivity index (χ4v) is 3.77. The Labute approximate surface area is 218 Å². The van der Waals surface area contributed by atoms with E-state index in [4.69, 9.17) is 11.6 Å². The van der Waals surface area contributed by atoms with Crippen molar-refractivity contribution in [3.63, 3.8) is 0 Å². The number of nitrogens with zero attached hydrogens (tertiary/aromatic N) is 3. The number of hydrogen-bond acceptors (Lipinski definition) is 4. The molecule has 0 unspecified atom stereocenters. The predicted octanol–water partition coefficient (Wildman–Crippen LogP) is 4.63. The summed E-state index contributed by atoms with van der Waals surface area (Å²) in [4.78, 5) is 21.9. The van der Waals surface area contributed by atoms with Gasteiger partial charge in [0.2, 0.25) is 0 Å². The number of benzene rings is 2. The summed E-state index contributed by atoms with van der Waals surface area (Å²) in [5.41, 5.74) is 3.04. The van der Waals surface area contributed by atoms with Crippen LogP contribution in [0.4, 0.5) is 11.4 Å². The number of anilines is 2. The molecule has 0 fully saturated rings. The highest BCUT2D eigenvalue weighted by Crippen LogP contribution is 2.30. The van der Waals surface area contributed by atoms with E-state index in [-0.39, 0.29) is 41.7 Å². The average molecular weight is 534 g/mol. The lowest BCUT2D eigenvalue weighted by Gasteiger charge is -2.26. The van der Waals surface area contributed by atoms with Crippen LogP contribution in [0.25, 0.3) is 10.9 Å². The molecule has 0 atom stereocenters. The van der Waals surface area contributed by atoms with E-state index in [0.29, 0.717) is 23.7 Å². The molecule has 0 bridgehead atoms. The Balaban J connectivity index is 0. The molecule has 0 radical (unpaired) electrons. The minimum atomic E-state index is 0. The van der Waals surface area contributed by atoms with E-state index in [9.17, 15) is 4.79 Å². The maximum absolute atomic E-state index is 13.3. The summed E-state index contributed by atoms with van der Waals surface area (Å²) in [5, 5.41) is 4.96. The van der Waals surface area contributed by atoms with Gasteiger partial charge < -0.3 is 26.1 Å². The van der Waals surface area contributed by atoms with Crippen LogP contribution in [0.1, 0.15) is 31.1 Å². The van der Waals surface area contributed by atoms with Crippen LogP contribution in [0, 0.1) is 0 Å². The third-order valence-electron chi connectivity index (χ3n) is 5.40. The molecule has 1 aromatic heterocycles. The van der Waals surface area contributed by atoms with E-state index in [1.165, 1.54) is 0 Å². The molecular weight excluding hydrogens is 499 g/mol. The van der Waals surface area contributed by atoms with E-state index in [1.807, 2.05) is 60.4 Å². The van der Waals surface area contributed by atoms with Gasteiger partial charge in [0.05, 0.1) is 21.8 Å². The van der Waals surface area contributed by atoms with Crippen LogP contribution >= 0.6 is 36.4 Å². The van der Waals surface area contributed by atoms with Crippen molar-refractivity contribution >= 4 is 64.6 Å². The number of likely N-dealkylation sites (N-methyl/N-ethyl adjacent to an activating group) is 2. The molecule has 7 nitrogen and oxygen atoms in total. The number of aromatic nitrogens is 1. The van der Waals surface area contributed by atoms with Gasteiger partial charge in [-0.15, -0.1) is 24.8 Å². The third-order valence-corrected chi connectivity index (χ3v) is 5.70. The highest BCUT2D eigenvalue weighted by atomic mass is 35.5. The first-order chi connectivity index (χ1) is 14.6. The van der Waals surface area contributed by atoms with E-state index in [0.717, 1.165) is 41.9 Å². The van der Waals surface area contributed by atoms with E-state index < -0.39 is 0 Å². The number of carbonyl (C=O) groups is 1. The smallest absolute Gasteiger partial charge is 0.255 e. The molecule has 3 aromatic rings. The molecule has 0 spiro atoms. The zero-order chi connectivity index (χ0) is 21.5. The lowest BCUT2D eigenvalue weighted by molar-refractivity contribution is 0.0748. The van der Waals surface area contributed by atoms with Crippen LogP contribution < -0.4 is 5.32 Å². The van der Waals surface area contributed by atoms with E-state index >= 15 is 0 Å². The van der Waals surface area contributed by atoms with Gasteiger partial charge in [0.15, 0.2) is 0 Å². The second-order valence-electron chi connectivity index (χ2n) is 7.08. The van der Waals surface area contributed by atoms with Gasteiger partial charge in [0.1, 0.15) is 0 Å². The standard InChI is InChI=1S/C24H29ClN4O.2ClH.2H2O/c1-4-28(5-2)16-17-29(6-3)24(30)19-10-7-8-13-21(19)27-22-14-15-26-23-18(22)11-9-12-20(23)25;;;;/h7-15H,4-6,16-17H2,1-3H3,(H,26,27);2*1H;2*1H2. The maximum atomic E-state index is 13.3. The Bertz CT molecular complexity index is 1020. The van der Waals surface area contributed by atoms with Gasteiger partial charge >= 0.3 is 0 Å². The summed E-state index contributed by atoms with van der Waals surface area (Å²) in [5.74, 6) is 0.0316. The Morgan fingerprint density at radius 2 is 1.56 bits per heavy atom. The molecule has 10 heteroatoms. The van der Waals surface area contributed by atoms with E-state index in [2.05, 4.69) is 29.0 Å². The number of rotatable bonds is 9. The number of amides is 1. The third kappa shape index (κ3) is 7.98.